The molecule has 0 bridgehead atoms. The lowest BCUT2D eigenvalue weighted by atomic mass is 10.0. The third-order valence-corrected chi connectivity index (χ3v) is 5.51. The van der Waals surface area contributed by atoms with Gasteiger partial charge in [-0.25, -0.2) is 0 Å². The fourth-order valence-corrected chi connectivity index (χ4v) is 3.88. The van der Waals surface area contributed by atoms with E-state index in [1.165, 1.54) is 48.5 Å². The number of H-pyrrole nitrogens is 2. The van der Waals surface area contributed by atoms with E-state index in [2.05, 4.69) is 9.97 Å². The van der Waals surface area contributed by atoms with Gasteiger partial charge in [0, 0.05) is 69.7 Å². The van der Waals surface area contributed by atoms with Gasteiger partial charge in [-0.2, -0.15) is 0 Å². The van der Waals surface area contributed by atoms with Gasteiger partial charge in [-0.15, -0.1) is 0 Å². The smallest absolute Gasteiger partial charge is 0.270 e. The average Bonchev–Trinajstić information content (AvgIpc) is 2.83. The maximum Gasteiger partial charge on any atom is 0.270 e. The van der Waals surface area contributed by atoms with Crippen LogP contribution in [0.25, 0.3) is 44.3 Å². The molecule has 0 aliphatic rings. The first-order chi connectivity index (χ1) is 16.3. The second-order valence-corrected chi connectivity index (χ2v) is 7.65. The number of benzene rings is 3. The molecule has 2 aromatic heterocycles. The number of pyridine rings is 2. The van der Waals surface area contributed by atoms with Crippen LogP contribution in [0.2, 0.25) is 0 Å². The van der Waals surface area contributed by atoms with Gasteiger partial charge >= 0.3 is 0 Å². The highest BCUT2D eigenvalue weighted by Gasteiger charge is 2.13. The summed E-state index contributed by atoms with van der Waals surface area (Å²) in [6, 6.07) is 17.5. The van der Waals surface area contributed by atoms with E-state index in [0.717, 1.165) is 0 Å². The summed E-state index contributed by atoms with van der Waals surface area (Å²) >= 11 is 0. The molecular formula is C24H14N4O6. The summed E-state index contributed by atoms with van der Waals surface area (Å²) in [5, 5.41) is 22.8. The Bertz CT molecular complexity index is 1640. The number of nitro groups is 2. The van der Waals surface area contributed by atoms with Crippen LogP contribution in [0.4, 0.5) is 11.4 Å². The highest BCUT2D eigenvalue weighted by molar-refractivity contribution is 5.96. The van der Waals surface area contributed by atoms with Crippen LogP contribution in [0.3, 0.4) is 0 Å². The summed E-state index contributed by atoms with van der Waals surface area (Å²) < 4.78 is 0. The first-order valence-corrected chi connectivity index (χ1v) is 10.0. The van der Waals surface area contributed by atoms with Crippen LogP contribution in [-0.4, -0.2) is 19.8 Å². The zero-order valence-electron chi connectivity index (χ0n) is 17.3. The van der Waals surface area contributed by atoms with Crippen LogP contribution in [0.1, 0.15) is 0 Å². The van der Waals surface area contributed by atoms with Gasteiger partial charge in [0.25, 0.3) is 11.4 Å². The minimum atomic E-state index is -0.519. The van der Waals surface area contributed by atoms with Crippen molar-refractivity contribution in [3.8, 4) is 22.5 Å². The minimum Gasteiger partial charge on any atom is -0.354 e. The third kappa shape index (κ3) is 3.58. The maximum absolute atomic E-state index is 12.9. The molecule has 0 radical (unpaired) electrons. The molecule has 2 N–H and O–H groups in total. The molecule has 0 aliphatic carbocycles. The van der Waals surface area contributed by atoms with E-state index in [4.69, 9.17) is 0 Å². The molecule has 10 nitrogen and oxygen atoms in total. The molecule has 0 saturated heterocycles. The number of hydrogen-bond donors (Lipinski definition) is 2. The molecule has 34 heavy (non-hydrogen) atoms. The molecule has 5 aromatic rings. The molecular weight excluding hydrogens is 440 g/mol. The summed E-state index contributed by atoms with van der Waals surface area (Å²) in [6.07, 6.45) is 0. The van der Waals surface area contributed by atoms with Gasteiger partial charge in [0.05, 0.1) is 20.9 Å². The highest BCUT2D eigenvalue weighted by atomic mass is 16.6. The third-order valence-electron chi connectivity index (χ3n) is 5.51. The van der Waals surface area contributed by atoms with Crippen molar-refractivity contribution in [2.24, 2.45) is 0 Å². The minimum absolute atomic E-state index is 0.109. The lowest BCUT2D eigenvalue weighted by Crippen LogP contribution is -2.07. The predicted molar refractivity (Wildman–Crippen MR) is 127 cm³/mol. The summed E-state index contributed by atoms with van der Waals surface area (Å²) in [4.78, 5) is 53.1. The Balaban J connectivity index is 1.68. The molecule has 2 heterocycles. The monoisotopic (exact) mass is 454 g/mol. The van der Waals surface area contributed by atoms with Crippen molar-refractivity contribution < 1.29 is 9.85 Å². The second kappa shape index (κ2) is 7.78. The van der Waals surface area contributed by atoms with E-state index in [1.807, 2.05) is 0 Å². The number of non-ortho nitro benzene ring substituents is 2. The summed E-state index contributed by atoms with van der Waals surface area (Å²) in [6.45, 7) is 0. The van der Waals surface area contributed by atoms with E-state index in [9.17, 15) is 29.8 Å². The first kappa shape index (κ1) is 20.8. The van der Waals surface area contributed by atoms with Crippen molar-refractivity contribution in [3.05, 3.63) is 113 Å². The van der Waals surface area contributed by atoms with Gasteiger partial charge in [0.1, 0.15) is 0 Å². The van der Waals surface area contributed by atoms with Gasteiger partial charge in [-0.1, -0.05) is 24.3 Å². The number of fused-ring (bicyclic) bond motifs is 2. The zero-order valence-corrected chi connectivity index (χ0v) is 17.3. The Hall–Kier alpha value is -5.12. The molecule has 0 fully saturated rings. The van der Waals surface area contributed by atoms with Crippen molar-refractivity contribution in [1.82, 2.24) is 9.97 Å². The Labute approximate surface area is 189 Å². The topological polar surface area (TPSA) is 152 Å². The number of nitrogens with zero attached hydrogens (tertiary/aromatic N) is 2. The lowest BCUT2D eigenvalue weighted by Gasteiger charge is -2.08. The lowest BCUT2D eigenvalue weighted by molar-refractivity contribution is -0.385. The van der Waals surface area contributed by atoms with Gasteiger partial charge in [-0.3, -0.25) is 29.8 Å². The molecule has 0 unspecified atom stereocenters. The number of nitro benzene ring substituents is 2. The van der Waals surface area contributed by atoms with Gasteiger partial charge in [-0.05, 0) is 12.1 Å². The van der Waals surface area contributed by atoms with Gasteiger partial charge in [0.15, 0.2) is 10.9 Å². The highest BCUT2D eigenvalue weighted by Crippen LogP contribution is 2.26. The quantitative estimate of drug-likeness (QED) is 0.231. The van der Waals surface area contributed by atoms with E-state index >= 15 is 0 Å². The van der Waals surface area contributed by atoms with E-state index in [-0.39, 0.29) is 22.2 Å². The molecule has 3 aromatic carbocycles. The van der Waals surface area contributed by atoms with Crippen molar-refractivity contribution in [1.29, 1.82) is 0 Å². The van der Waals surface area contributed by atoms with E-state index in [0.29, 0.717) is 44.3 Å². The molecule has 0 spiro atoms. The van der Waals surface area contributed by atoms with Crippen molar-refractivity contribution in [3.63, 3.8) is 0 Å². The standard InChI is InChI=1S/C24H14N4O6/c29-23-11-19(13-3-1-5-15(7-13)27(31)32)25-21-9-18-22(10-17(21)23)26-20(12-24(18)30)14-4-2-6-16(8-14)28(33)34/h1-12H,(H,25,29)(H,26,30). The normalized spacial score (nSPS) is 11.1. The number of nitrogens with one attached hydrogen (secondary N) is 2. The van der Waals surface area contributed by atoms with Gasteiger partial charge < -0.3 is 9.97 Å². The van der Waals surface area contributed by atoms with Crippen molar-refractivity contribution in [2.75, 3.05) is 0 Å². The fraction of sp³-hybridized carbons (Fsp3) is 0. The maximum atomic E-state index is 12.9. The zero-order chi connectivity index (χ0) is 24.0. The van der Waals surface area contributed by atoms with Crippen molar-refractivity contribution >= 4 is 33.2 Å². The molecule has 5 rings (SSSR count). The van der Waals surface area contributed by atoms with Crippen LogP contribution in [0, 0.1) is 20.2 Å². The Kier molecular flexibility index (Phi) is 4.75. The summed E-state index contributed by atoms with van der Waals surface area (Å²) in [5.74, 6) is 0. The second-order valence-electron chi connectivity index (χ2n) is 7.65. The van der Waals surface area contributed by atoms with Crippen LogP contribution in [0.5, 0.6) is 0 Å². The number of hydrogen-bond acceptors (Lipinski definition) is 6. The SMILES string of the molecule is O=c1cc(-c2cccc([N+](=O)[O-])c2)[nH]c2cc3c(=O)cc(-c4cccc([N+](=O)[O-])c4)[nH]c3cc12. The average molecular weight is 454 g/mol. The Morgan fingerprint density at radius 1 is 0.588 bits per heavy atom. The van der Waals surface area contributed by atoms with Crippen LogP contribution in [-0.2, 0) is 0 Å². The molecule has 0 aliphatic heterocycles. The summed E-state index contributed by atoms with van der Waals surface area (Å²) in [5.41, 5.74) is 1.59. The number of aromatic amines is 2. The Morgan fingerprint density at radius 3 is 1.38 bits per heavy atom. The number of aromatic nitrogens is 2. The first-order valence-electron chi connectivity index (χ1n) is 10.0. The predicted octanol–water partition coefficient (Wildman–Crippen LogP) is 4.52. The largest absolute Gasteiger partial charge is 0.354 e. The molecule has 0 atom stereocenters. The fourth-order valence-electron chi connectivity index (χ4n) is 3.88. The van der Waals surface area contributed by atoms with Crippen LogP contribution >= 0.6 is 0 Å². The molecule has 10 heteroatoms. The number of rotatable bonds is 4. The van der Waals surface area contributed by atoms with Crippen molar-refractivity contribution in [2.45, 2.75) is 0 Å². The van der Waals surface area contributed by atoms with E-state index < -0.39 is 9.85 Å². The molecule has 166 valence electrons. The van der Waals surface area contributed by atoms with Crippen LogP contribution < -0.4 is 10.9 Å². The Morgan fingerprint density at radius 2 is 1.00 bits per heavy atom. The van der Waals surface area contributed by atoms with E-state index in [1.54, 1.807) is 24.3 Å². The summed E-state index contributed by atoms with van der Waals surface area (Å²) in [7, 11) is 0. The molecule has 0 amide bonds. The van der Waals surface area contributed by atoms with Crippen LogP contribution in [0.15, 0.2) is 82.4 Å². The van der Waals surface area contributed by atoms with Gasteiger partial charge in [0.2, 0.25) is 0 Å². The molecule has 0 saturated carbocycles.